The van der Waals surface area contributed by atoms with Gasteiger partial charge in [-0.3, -0.25) is 0 Å². The number of thiophene rings is 1. The van der Waals surface area contributed by atoms with E-state index in [-0.39, 0.29) is 0 Å². The van der Waals surface area contributed by atoms with Crippen molar-refractivity contribution < 1.29 is 0 Å². The topological polar surface area (TPSA) is 38.0 Å². The van der Waals surface area contributed by atoms with Gasteiger partial charge in [-0.15, -0.1) is 11.3 Å². The molecule has 0 spiro atoms. The molecule has 0 aliphatic rings. The van der Waals surface area contributed by atoms with E-state index >= 15 is 0 Å². The maximum absolute atomic E-state index is 5.67. The Morgan fingerprint density at radius 1 is 1.57 bits per heavy atom. The predicted octanol–water partition coefficient (Wildman–Crippen LogP) is 2.14. The highest BCUT2D eigenvalue weighted by Crippen LogP contribution is 2.16. The van der Waals surface area contributed by atoms with Gasteiger partial charge < -0.3 is 11.1 Å². The molecule has 0 saturated heterocycles. The maximum atomic E-state index is 5.67. The fourth-order valence-electron chi connectivity index (χ4n) is 1.37. The number of hydrogen-bond donors (Lipinski definition) is 2. The van der Waals surface area contributed by atoms with Gasteiger partial charge in [0, 0.05) is 17.5 Å². The van der Waals surface area contributed by atoms with Crippen molar-refractivity contribution in [3.63, 3.8) is 0 Å². The van der Waals surface area contributed by atoms with E-state index in [9.17, 15) is 0 Å². The molecular formula is C11H20N2S. The molecule has 0 amide bonds. The standard InChI is InChI=1S/C11H20N2S/c1-3-10-5-7-14-11(10)8-13-6-4-9(2)12/h5,7,9,13H,3-4,6,8,12H2,1-2H3. The normalized spacial score (nSPS) is 13.1. The van der Waals surface area contributed by atoms with Gasteiger partial charge in [0.25, 0.3) is 0 Å². The molecule has 1 unspecified atom stereocenters. The van der Waals surface area contributed by atoms with Crippen molar-refractivity contribution in [2.45, 2.75) is 39.3 Å². The molecule has 1 aromatic heterocycles. The molecule has 14 heavy (non-hydrogen) atoms. The lowest BCUT2D eigenvalue weighted by atomic mass is 10.2. The van der Waals surface area contributed by atoms with E-state index in [0.29, 0.717) is 6.04 Å². The van der Waals surface area contributed by atoms with Crippen LogP contribution in [-0.4, -0.2) is 12.6 Å². The van der Waals surface area contributed by atoms with E-state index in [1.807, 2.05) is 18.3 Å². The summed E-state index contributed by atoms with van der Waals surface area (Å²) in [6.45, 7) is 6.25. The molecule has 0 radical (unpaired) electrons. The largest absolute Gasteiger partial charge is 0.328 e. The summed E-state index contributed by atoms with van der Waals surface area (Å²) in [6.07, 6.45) is 2.18. The molecule has 3 N–H and O–H groups in total. The minimum Gasteiger partial charge on any atom is -0.328 e. The first kappa shape index (κ1) is 11.7. The third kappa shape index (κ3) is 3.78. The van der Waals surface area contributed by atoms with Crippen molar-refractivity contribution in [1.29, 1.82) is 0 Å². The third-order valence-electron chi connectivity index (χ3n) is 2.28. The summed E-state index contributed by atoms with van der Waals surface area (Å²) in [5.74, 6) is 0. The van der Waals surface area contributed by atoms with Crippen LogP contribution in [-0.2, 0) is 13.0 Å². The molecule has 0 bridgehead atoms. The Hall–Kier alpha value is -0.380. The average Bonchev–Trinajstić information content (AvgIpc) is 2.59. The Labute approximate surface area is 90.5 Å². The van der Waals surface area contributed by atoms with Crippen molar-refractivity contribution in [1.82, 2.24) is 5.32 Å². The van der Waals surface area contributed by atoms with Crippen LogP contribution in [0.1, 0.15) is 30.7 Å². The number of nitrogens with one attached hydrogen (secondary N) is 1. The van der Waals surface area contributed by atoms with Crippen LogP contribution in [0.25, 0.3) is 0 Å². The van der Waals surface area contributed by atoms with Gasteiger partial charge in [-0.1, -0.05) is 6.92 Å². The zero-order valence-corrected chi connectivity index (χ0v) is 9.86. The average molecular weight is 212 g/mol. The first-order valence-electron chi connectivity index (χ1n) is 5.25. The Kier molecular flexibility index (Phi) is 5.15. The van der Waals surface area contributed by atoms with Gasteiger partial charge in [0.2, 0.25) is 0 Å². The smallest absolute Gasteiger partial charge is 0.0302 e. The van der Waals surface area contributed by atoms with E-state index in [0.717, 1.165) is 25.9 Å². The number of aryl methyl sites for hydroxylation is 1. The third-order valence-corrected chi connectivity index (χ3v) is 3.24. The summed E-state index contributed by atoms with van der Waals surface area (Å²) in [4.78, 5) is 1.47. The Balaban J connectivity index is 2.24. The Bertz CT molecular complexity index is 256. The van der Waals surface area contributed by atoms with E-state index in [1.165, 1.54) is 10.4 Å². The monoisotopic (exact) mass is 212 g/mol. The van der Waals surface area contributed by atoms with Gasteiger partial charge in [-0.2, -0.15) is 0 Å². The molecule has 3 heteroatoms. The van der Waals surface area contributed by atoms with Crippen LogP contribution in [0.3, 0.4) is 0 Å². The Morgan fingerprint density at radius 3 is 3.00 bits per heavy atom. The first-order valence-corrected chi connectivity index (χ1v) is 6.13. The molecule has 1 heterocycles. The summed E-state index contributed by atoms with van der Waals surface area (Å²) >= 11 is 1.84. The van der Waals surface area contributed by atoms with Gasteiger partial charge in [0.05, 0.1) is 0 Å². The van der Waals surface area contributed by atoms with Crippen LogP contribution in [0.2, 0.25) is 0 Å². The van der Waals surface area contributed by atoms with Gasteiger partial charge >= 0.3 is 0 Å². The van der Waals surface area contributed by atoms with E-state index < -0.39 is 0 Å². The van der Waals surface area contributed by atoms with Gasteiger partial charge in [-0.05, 0) is 43.3 Å². The van der Waals surface area contributed by atoms with Gasteiger partial charge in [-0.25, -0.2) is 0 Å². The molecular weight excluding hydrogens is 192 g/mol. The number of nitrogens with two attached hydrogens (primary N) is 1. The SMILES string of the molecule is CCc1ccsc1CNCCC(C)N. The van der Waals surface area contributed by atoms with E-state index in [4.69, 9.17) is 5.73 Å². The van der Waals surface area contributed by atoms with Crippen LogP contribution in [0.15, 0.2) is 11.4 Å². The highest BCUT2D eigenvalue weighted by atomic mass is 32.1. The summed E-state index contributed by atoms with van der Waals surface area (Å²) < 4.78 is 0. The second kappa shape index (κ2) is 6.17. The highest BCUT2D eigenvalue weighted by molar-refractivity contribution is 7.10. The predicted molar refractivity (Wildman–Crippen MR) is 63.7 cm³/mol. The molecule has 1 rings (SSSR count). The zero-order chi connectivity index (χ0) is 10.4. The summed E-state index contributed by atoms with van der Waals surface area (Å²) in [5, 5.41) is 5.59. The van der Waals surface area contributed by atoms with Crippen molar-refractivity contribution in [3.8, 4) is 0 Å². The highest BCUT2D eigenvalue weighted by Gasteiger charge is 2.01. The van der Waals surface area contributed by atoms with Gasteiger partial charge in [0.1, 0.15) is 0 Å². The lowest BCUT2D eigenvalue weighted by molar-refractivity contribution is 0.590. The van der Waals surface area contributed by atoms with Crippen molar-refractivity contribution >= 4 is 11.3 Å². The van der Waals surface area contributed by atoms with Crippen LogP contribution in [0.5, 0.6) is 0 Å². The number of rotatable bonds is 6. The summed E-state index contributed by atoms with van der Waals surface area (Å²) in [5.41, 5.74) is 7.15. The van der Waals surface area contributed by atoms with Crippen LogP contribution < -0.4 is 11.1 Å². The maximum Gasteiger partial charge on any atom is 0.0302 e. The quantitative estimate of drug-likeness (QED) is 0.709. The van der Waals surface area contributed by atoms with Crippen molar-refractivity contribution in [2.24, 2.45) is 5.73 Å². The molecule has 0 fully saturated rings. The molecule has 0 aliphatic heterocycles. The minimum absolute atomic E-state index is 0.302. The molecule has 0 aliphatic carbocycles. The first-order chi connectivity index (χ1) is 6.74. The van der Waals surface area contributed by atoms with Crippen molar-refractivity contribution in [2.75, 3.05) is 6.54 Å². The molecule has 1 aromatic rings. The molecule has 0 saturated carbocycles. The zero-order valence-electron chi connectivity index (χ0n) is 9.05. The van der Waals surface area contributed by atoms with E-state index in [2.05, 4.69) is 23.7 Å². The van der Waals surface area contributed by atoms with Crippen LogP contribution in [0, 0.1) is 0 Å². The molecule has 2 nitrogen and oxygen atoms in total. The van der Waals surface area contributed by atoms with Gasteiger partial charge in [0.15, 0.2) is 0 Å². The van der Waals surface area contributed by atoms with Crippen molar-refractivity contribution in [3.05, 3.63) is 21.9 Å². The van der Waals surface area contributed by atoms with Crippen LogP contribution in [0.4, 0.5) is 0 Å². The fraction of sp³-hybridized carbons (Fsp3) is 0.636. The lowest BCUT2D eigenvalue weighted by Crippen LogP contribution is -2.23. The molecule has 80 valence electrons. The fourth-order valence-corrected chi connectivity index (χ4v) is 2.31. The second-order valence-electron chi connectivity index (χ2n) is 3.67. The Morgan fingerprint density at radius 2 is 2.36 bits per heavy atom. The lowest BCUT2D eigenvalue weighted by Gasteiger charge is -2.06. The second-order valence-corrected chi connectivity index (χ2v) is 4.67. The minimum atomic E-state index is 0.302. The molecule has 0 aromatic carbocycles. The molecule has 1 atom stereocenters. The summed E-state index contributed by atoms with van der Waals surface area (Å²) in [7, 11) is 0. The van der Waals surface area contributed by atoms with Crippen LogP contribution >= 0.6 is 11.3 Å². The number of hydrogen-bond acceptors (Lipinski definition) is 3. The van der Waals surface area contributed by atoms with E-state index in [1.54, 1.807) is 0 Å². The summed E-state index contributed by atoms with van der Waals surface area (Å²) in [6, 6.07) is 2.52.